The lowest BCUT2D eigenvalue weighted by Gasteiger charge is -2.16. The maximum absolute atomic E-state index is 12.1. The molecule has 0 amide bonds. The lowest BCUT2D eigenvalue weighted by atomic mass is 10.1. The number of nitrogens with two attached hydrogens (primary N) is 1. The lowest BCUT2D eigenvalue weighted by molar-refractivity contribution is -0.149. The zero-order valence-electron chi connectivity index (χ0n) is 6.75. The maximum Gasteiger partial charge on any atom is 0.407 e. The predicted molar refractivity (Wildman–Crippen MR) is 49.5 cm³/mol. The molecule has 0 saturated carbocycles. The summed E-state index contributed by atoms with van der Waals surface area (Å²) in [6.07, 6.45) is -2.14. The van der Waals surface area contributed by atoms with Crippen LogP contribution in [0.1, 0.15) is 11.6 Å². The Morgan fingerprint density at radius 2 is 2.00 bits per heavy atom. The van der Waals surface area contributed by atoms with Gasteiger partial charge in [0, 0.05) is 12.4 Å². The van der Waals surface area contributed by atoms with Gasteiger partial charge >= 0.3 is 6.18 Å². The molecule has 0 bridgehead atoms. The Labute approximate surface area is 89.7 Å². The zero-order chi connectivity index (χ0) is 10.1. The third-order valence-corrected chi connectivity index (χ3v) is 1.81. The van der Waals surface area contributed by atoms with Gasteiger partial charge in [-0.15, -0.1) is 12.4 Å². The maximum atomic E-state index is 12.1. The van der Waals surface area contributed by atoms with Gasteiger partial charge in [-0.1, -0.05) is 11.6 Å². The third kappa shape index (κ3) is 3.01. The highest BCUT2D eigenvalue weighted by Gasteiger charge is 2.38. The molecule has 2 N–H and O–H groups in total. The van der Waals surface area contributed by atoms with Crippen molar-refractivity contribution in [2.24, 2.45) is 5.73 Å². The average Bonchev–Trinajstić information content (AvgIpc) is 2.02. The molecule has 1 heterocycles. The summed E-state index contributed by atoms with van der Waals surface area (Å²) >= 11 is 5.48. The molecule has 7 heteroatoms. The second kappa shape index (κ2) is 4.82. The summed E-state index contributed by atoms with van der Waals surface area (Å²) in [4.78, 5) is 3.55. The number of halogens is 5. The number of alkyl halides is 3. The Hall–Kier alpha value is -0.520. The van der Waals surface area contributed by atoms with Gasteiger partial charge < -0.3 is 5.73 Å². The molecule has 0 fully saturated rings. The van der Waals surface area contributed by atoms with Crippen molar-refractivity contribution >= 4 is 24.0 Å². The van der Waals surface area contributed by atoms with Crippen LogP contribution in [0.4, 0.5) is 13.2 Å². The molecule has 0 aliphatic carbocycles. The summed E-state index contributed by atoms with van der Waals surface area (Å²) in [5.74, 6) is 0. The van der Waals surface area contributed by atoms with Crippen LogP contribution >= 0.6 is 24.0 Å². The molecular weight excluding hydrogens is 240 g/mol. The van der Waals surface area contributed by atoms with E-state index in [4.69, 9.17) is 17.3 Å². The van der Waals surface area contributed by atoms with Gasteiger partial charge in [0.25, 0.3) is 0 Å². The van der Waals surface area contributed by atoms with Crippen molar-refractivity contribution in [3.05, 3.63) is 29.0 Å². The zero-order valence-corrected chi connectivity index (χ0v) is 8.33. The van der Waals surface area contributed by atoms with E-state index >= 15 is 0 Å². The number of hydrogen-bond acceptors (Lipinski definition) is 2. The van der Waals surface area contributed by atoms with Crippen LogP contribution in [0, 0.1) is 0 Å². The molecule has 14 heavy (non-hydrogen) atoms. The summed E-state index contributed by atoms with van der Waals surface area (Å²) in [5.41, 5.74) is 4.77. The molecule has 2 nitrogen and oxygen atoms in total. The summed E-state index contributed by atoms with van der Waals surface area (Å²) in [6.45, 7) is 0. The van der Waals surface area contributed by atoms with Crippen LogP contribution in [0.15, 0.2) is 18.5 Å². The van der Waals surface area contributed by atoms with E-state index in [-0.39, 0.29) is 23.0 Å². The second-order valence-corrected chi connectivity index (χ2v) is 2.82. The molecule has 1 rings (SSSR count). The van der Waals surface area contributed by atoms with E-state index in [2.05, 4.69) is 4.98 Å². The van der Waals surface area contributed by atoms with Crippen molar-refractivity contribution in [1.29, 1.82) is 0 Å². The second-order valence-electron chi connectivity index (χ2n) is 2.42. The van der Waals surface area contributed by atoms with Crippen LogP contribution in [-0.4, -0.2) is 11.2 Å². The van der Waals surface area contributed by atoms with Crippen molar-refractivity contribution in [2.75, 3.05) is 0 Å². The van der Waals surface area contributed by atoms with Gasteiger partial charge in [-0.3, -0.25) is 4.98 Å². The first-order chi connectivity index (χ1) is 5.93. The molecule has 1 atom stereocenters. The van der Waals surface area contributed by atoms with E-state index in [1.807, 2.05) is 0 Å². The van der Waals surface area contributed by atoms with E-state index in [9.17, 15) is 13.2 Å². The lowest BCUT2D eigenvalue weighted by Crippen LogP contribution is -2.28. The standard InChI is InChI=1S/C7H6ClF3N2.ClH/c8-5-3-13-2-1-4(5)6(12)7(9,10)11;/h1-3,6H,12H2;1H/t6-;/m1./s1. The van der Waals surface area contributed by atoms with E-state index in [0.717, 1.165) is 12.3 Å². The Bertz CT molecular complexity index is 303. The molecule has 0 aromatic carbocycles. The number of hydrogen-bond donors (Lipinski definition) is 1. The normalized spacial score (nSPS) is 13.2. The fourth-order valence-electron chi connectivity index (χ4n) is 0.814. The highest BCUT2D eigenvalue weighted by molar-refractivity contribution is 6.31. The van der Waals surface area contributed by atoms with Crippen LogP contribution in [0.5, 0.6) is 0 Å². The first-order valence-corrected chi connectivity index (χ1v) is 3.72. The topological polar surface area (TPSA) is 38.9 Å². The Balaban J connectivity index is 0.00000169. The van der Waals surface area contributed by atoms with Crippen molar-refractivity contribution in [3.63, 3.8) is 0 Å². The quantitative estimate of drug-likeness (QED) is 0.828. The van der Waals surface area contributed by atoms with Gasteiger partial charge in [-0.2, -0.15) is 13.2 Å². The summed E-state index contributed by atoms with van der Waals surface area (Å²) in [7, 11) is 0. The highest BCUT2D eigenvalue weighted by Crippen LogP contribution is 2.33. The Kier molecular flexibility index (Phi) is 4.64. The minimum Gasteiger partial charge on any atom is -0.316 e. The molecule has 80 valence electrons. The number of pyridine rings is 1. The molecule has 0 aliphatic heterocycles. The fraction of sp³-hybridized carbons (Fsp3) is 0.286. The summed E-state index contributed by atoms with van der Waals surface area (Å²) in [6, 6.07) is -0.900. The van der Waals surface area contributed by atoms with Crippen molar-refractivity contribution in [1.82, 2.24) is 4.98 Å². The third-order valence-electron chi connectivity index (χ3n) is 1.49. The molecule has 0 saturated heterocycles. The summed E-state index contributed by atoms with van der Waals surface area (Å²) < 4.78 is 36.3. The van der Waals surface area contributed by atoms with Crippen LogP contribution in [-0.2, 0) is 0 Å². The van der Waals surface area contributed by atoms with Crippen LogP contribution in [0.2, 0.25) is 5.02 Å². The Morgan fingerprint density at radius 1 is 1.43 bits per heavy atom. The smallest absolute Gasteiger partial charge is 0.316 e. The van der Waals surface area contributed by atoms with Crippen LogP contribution in [0.25, 0.3) is 0 Å². The fourth-order valence-corrected chi connectivity index (χ4v) is 1.05. The van der Waals surface area contributed by atoms with E-state index < -0.39 is 12.2 Å². The predicted octanol–water partition coefficient (Wildman–Crippen LogP) is 2.72. The van der Waals surface area contributed by atoms with Gasteiger partial charge in [-0.25, -0.2) is 0 Å². The van der Waals surface area contributed by atoms with E-state index in [1.54, 1.807) is 0 Å². The molecule has 0 radical (unpaired) electrons. The summed E-state index contributed by atoms with van der Waals surface area (Å²) in [5, 5.41) is -0.0766. The first-order valence-electron chi connectivity index (χ1n) is 3.34. The number of rotatable bonds is 1. The first kappa shape index (κ1) is 13.5. The number of nitrogens with zero attached hydrogens (tertiary/aromatic N) is 1. The monoisotopic (exact) mass is 246 g/mol. The average molecular weight is 247 g/mol. The molecule has 1 aromatic rings. The molecule has 0 unspecified atom stereocenters. The van der Waals surface area contributed by atoms with Gasteiger partial charge in [0.1, 0.15) is 6.04 Å². The van der Waals surface area contributed by atoms with Gasteiger partial charge in [0.2, 0.25) is 0 Å². The van der Waals surface area contributed by atoms with E-state index in [1.165, 1.54) is 6.20 Å². The van der Waals surface area contributed by atoms with Crippen LogP contribution in [0.3, 0.4) is 0 Å². The minimum absolute atomic E-state index is 0. The van der Waals surface area contributed by atoms with Crippen LogP contribution < -0.4 is 5.73 Å². The largest absolute Gasteiger partial charge is 0.407 e. The van der Waals surface area contributed by atoms with Gasteiger partial charge in [-0.05, 0) is 11.6 Å². The van der Waals surface area contributed by atoms with Crippen molar-refractivity contribution < 1.29 is 13.2 Å². The van der Waals surface area contributed by atoms with E-state index in [0.29, 0.717) is 0 Å². The van der Waals surface area contributed by atoms with Gasteiger partial charge in [0.05, 0.1) is 5.02 Å². The number of aromatic nitrogens is 1. The van der Waals surface area contributed by atoms with Crippen molar-refractivity contribution in [2.45, 2.75) is 12.2 Å². The molecular formula is C7H7Cl2F3N2. The van der Waals surface area contributed by atoms with Crippen molar-refractivity contribution in [3.8, 4) is 0 Å². The van der Waals surface area contributed by atoms with Gasteiger partial charge in [0.15, 0.2) is 0 Å². The molecule has 1 aromatic heterocycles. The SMILES string of the molecule is Cl.N[C@H](c1ccncc1Cl)C(F)(F)F. The highest BCUT2D eigenvalue weighted by atomic mass is 35.5. The minimum atomic E-state index is -4.48. The molecule has 0 aliphatic rings. The molecule has 0 spiro atoms. The Morgan fingerprint density at radius 3 is 2.43 bits per heavy atom.